The van der Waals surface area contributed by atoms with Crippen molar-refractivity contribution < 1.29 is 9.26 Å². The summed E-state index contributed by atoms with van der Waals surface area (Å²) in [6.45, 7) is 3.34. The molecular formula is C13H16BrN3O2. The molecule has 19 heavy (non-hydrogen) atoms. The second kappa shape index (κ2) is 6.68. The predicted molar refractivity (Wildman–Crippen MR) is 75.1 cm³/mol. The van der Waals surface area contributed by atoms with Crippen LogP contribution in [0.25, 0.3) is 0 Å². The maximum absolute atomic E-state index is 5.21. The van der Waals surface area contributed by atoms with E-state index in [1.165, 1.54) is 0 Å². The first-order chi connectivity index (χ1) is 9.19. The monoisotopic (exact) mass is 325 g/mol. The zero-order chi connectivity index (χ0) is 13.7. The summed E-state index contributed by atoms with van der Waals surface area (Å²) in [6, 6.07) is 5.92. The van der Waals surface area contributed by atoms with E-state index >= 15 is 0 Å². The number of methoxy groups -OCH3 is 1. The minimum absolute atomic E-state index is 0.602. The molecule has 0 saturated heterocycles. The van der Waals surface area contributed by atoms with Crippen molar-refractivity contribution in [1.29, 1.82) is 0 Å². The van der Waals surface area contributed by atoms with Crippen LogP contribution in [0, 0.1) is 6.92 Å². The lowest BCUT2D eigenvalue weighted by molar-refractivity contribution is 0.387. The number of rotatable bonds is 6. The lowest BCUT2D eigenvalue weighted by Crippen LogP contribution is -2.17. The van der Waals surface area contributed by atoms with E-state index in [1.807, 2.05) is 18.2 Å². The summed E-state index contributed by atoms with van der Waals surface area (Å²) in [5.74, 6) is 2.19. The van der Waals surface area contributed by atoms with Crippen LogP contribution in [-0.2, 0) is 13.0 Å². The van der Waals surface area contributed by atoms with Crippen LogP contribution < -0.4 is 10.1 Å². The second-order valence-corrected chi connectivity index (χ2v) is 4.97. The van der Waals surface area contributed by atoms with Crippen LogP contribution in [0.2, 0.25) is 0 Å². The zero-order valence-electron chi connectivity index (χ0n) is 10.9. The molecule has 1 aromatic carbocycles. The molecule has 2 rings (SSSR count). The quantitative estimate of drug-likeness (QED) is 0.827. The summed E-state index contributed by atoms with van der Waals surface area (Å²) >= 11 is 3.52. The Hall–Kier alpha value is -1.40. The van der Waals surface area contributed by atoms with E-state index in [1.54, 1.807) is 14.0 Å². The van der Waals surface area contributed by atoms with Crippen molar-refractivity contribution in [3.8, 4) is 5.75 Å². The average molecular weight is 326 g/mol. The van der Waals surface area contributed by atoms with Gasteiger partial charge in [-0.15, -0.1) is 0 Å². The standard InChI is InChI=1S/C13H16BrN3O2/c1-9-16-13(17-19-9)5-6-15-8-10-7-11(18-2)3-4-12(10)14/h3-4,7,15H,5-6,8H2,1-2H3. The first-order valence-corrected chi connectivity index (χ1v) is 6.80. The number of nitrogens with zero attached hydrogens (tertiary/aromatic N) is 2. The van der Waals surface area contributed by atoms with Crippen LogP contribution >= 0.6 is 15.9 Å². The van der Waals surface area contributed by atoms with Gasteiger partial charge in [0.05, 0.1) is 7.11 Å². The third kappa shape index (κ3) is 4.04. The number of benzene rings is 1. The average Bonchev–Trinajstić information content (AvgIpc) is 2.82. The number of aryl methyl sites for hydroxylation is 1. The van der Waals surface area contributed by atoms with Crippen LogP contribution in [0.3, 0.4) is 0 Å². The molecule has 2 aromatic rings. The summed E-state index contributed by atoms with van der Waals surface area (Å²) in [7, 11) is 1.67. The first-order valence-electron chi connectivity index (χ1n) is 6.01. The number of halogens is 1. The van der Waals surface area contributed by atoms with Crippen LogP contribution in [0.1, 0.15) is 17.3 Å². The molecule has 102 valence electrons. The molecule has 0 fully saturated rings. The van der Waals surface area contributed by atoms with Gasteiger partial charge in [-0.3, -0.25) is 0 Å². The summed E-state index contributed by atoms with van der Waals surface area (Å²) in [4.78, 5) is 4.15. The zero-order valence-corrected chi connectivity index (χ0v) is 12.5. The molecule has 0 saturated carbocycles. The van der Waals surface area contributed by atoms with E-state index < -0.39 is 0 Å². The summed E-state index contributed by atoms with van der Waals surface area (Å²) in [5.41, 5.74) is 1.16. The highest BCUT2D eigenvalue weighted by molar-refractivity contribution is 9.10. The third-order valence-corrected chi connectivity index (χ3v) is 3.44. The molecular weight excluding hydrogens is 310 g/mol. The van der Waals surface area contributed by atoms with Crippen LogP contribution in [0.15, 0.2) is 27.2 Å². The maximum atomic E-state index is 5.21. The van der Waals surface area contributed by atoms with E-state index in [0.717, 1.165) is 41.1 Å². The third-order valence-electron chi connectivity index (χ3n) is 2.66. The Labute approximate surface area is 120 Å². The predicted octanol–water partition coefficient (Wildman–Crippen LogP) is 2.48. The Morgan fingerprint density at radius 3 is 2.95 bits per heavy atom. The highest BCUT2D eigenvalue weighted by Crippen LogP contribution is 2.22. The molecule has 0 bridgehead atoms. The Bertz CT molecular complexity index is 542. The van der Waals surface area contributed by atoms with E-state index in [0.29, 0.717) is 5.89 Å². The molecule has 0 spiro atoms. The van der Waals surface area contributed by atoms with Gasteiger partial charge in [0, 0.05) is 30.9 Å². The van der Waals surface area contributed by atoms with Gasteiger partial charge < -0.3 is 14.6 Å². The molecule has 0 unspecified atom stereocenters. The molecule has 1 N–H and O–H groups in total. The van der Waals surface area contributed by atoms with Crippen LogP contribution in [0.4, 0.5) is 0 Å². The molecule has 0 atom stereocenters. The Balaban J connectivity index is 1.82. The fourth-order valence-corrected chi connectivity index (χ4v) is 2.07. The molecule has 0 radical (unpaired) electrons. The largest absolute Gasteiger partial charge is 0.497 e. The highest BCUT2D eigenvalue weighted by atomic mass is 79.9. The van der Waals surface area contributed by atoms with E-state index in [-0.39, 0.29) is 0 Å². The molecule has 0 amide bonds. The molecule has 0 aliphatic carbocycles. The van der Waals surface area contributed by atoms with Crippen molar-refractivity contribution in [3.05, 3.63) is 40.0 Å². The van der Waals surface area contributed by atoms with Crippen molar-refractivity contribution in [2.24, 2.45) is 0 Å². The van der Waals surface area contributed by atoms with E-state index in [9.17, 15) is 0 Å². The fraction of sp³-hybridized carbons (Fsp3) is 0.385. The lowest BCUT2D eigenvalue weighted by Gasteiger charge is -2.08. The second-order valence-electron chi connectivity index (χ2n) is 4.11. The van der Waals surface area contributed by atoms with Crippen molar-refractivity contribution in [2.75, 3.05) is 13.7 Å². The number of hydrogen-bond acceptors (Lipinski definition) is 5. The van der Waals surface area contributed by atoms with Gasteiger partial charge in [-0.25, -0.2) is 0 Å². The van der Waals surface area contributed by atoms with Gasteiger partial charge in [-0.2, -0.15) is 4.98 Å². The Morgan fingerprint density at radius 2 is 2.26 bits per heavy atom. The Morgan fingerprint density at radius 1 is 1.42 bits per heavy atom. The van der Waals surface area contributed by atoms with Gasteiger partial charge in [0.15, 0.2) is 5.82 Å². The summed E-state index contributed by atoms with van der Waals surface area (Å²) in [6.07, 6.45) is 0.749. The number of hydrogen-bond donors (Lipinski definition) is 1. The maximum Gasteiger partial charge on any atom is 0.223 e. The van der Waals surface area contributed by atoms with Crippen molar-refractivity contribution in [2.45, 2.75) is 19.9 Å². The van der Waals surface area contributed by atoms with Gasteiger partial charge in [-0.1, -0.05) is 21.1 Å². The molecule has 5 nitrogen and oxygen atoms in total. The molecule has 0 aliphatic rings. The van der Waals surface area contributed by atoms with Crippen molar-refractivity contribution in [1.82, 2.24) is 15.5 Å². The van der Waals surface area contributed by atoms with Crippen molar-refractivity contribution >= 4 is 15.9 Å². The van der Waals surface area contributed by atoms with Crippen LogP contribution in [0.5, 0.6) is 5.75 Å². The first kappa shape index (κ1) is 14.0. The van der Waals surface area contributed by atoms with Gasteiger partial charge in [0.25, 0.3) is 0 Å². The topological polar surface area (TPSA) is 60.2 Å². The van der Waals surface area contributed by atoms with Crippen molar-refractivity contribution in [3.63, 3.8) is 0 Å². The van der Waals surface area contributed by atoms with E-state index in [4.69, 9.17) is 9.26 Å². The lowest BCUT2D eigenvalue weighted by atomic mass is 10.2. The molecule has 0 aliphatic heterocycles. The van der Waals surface area contributed by atoms with Gasteiger partial charge in [-0.05, 0) is 23.8 Å². The minimum atomic E-state index is 0.602. The fourth-order valence-electron chi connectivity index (χ4n) is 1.68. The number of ether oxygens (including phenoxy) is 1. The molecule has 1 aromatic heterocycles. The Kier molecular flexibility index (Phi) is 4.93. The summed E-state index contributed by atoms with van der Waals surface area (Å²) in [5, 5.41) is 7.19. The minimum Gasteiger partial charge on any atom is -0.497 e. The molecule has 1 heterocycles. The smallest absolute Gasteiger partial charge is 0.223 e. The summed E-state index contributed by atoms with van der Waals surface area (Å²) < 4.78 is 11.2. The van der Waals surface area contributed by atoms with Crippen LogP contribution in [-0.4, -0.2) is 23.8 Å². The normalized spacial score (nSPS) is 10.7. The van der Waals surface area contributed by atoms with Gasteiger partial charge in [0.2, 0.25) is 5.89 Å². The SMILES string of the molecule is COc1ccc(Br)c(CNCCc2noc(C)n2)c1. The molecule has 6 heteroatoms. The van der Waals surface area contributed by atoms with Gasteiger partial charge in [0.1, 0.15) is 5.75 Å². The number of aromatic nitrogens is 2. The number of nitrogens with one attached hydrogen (secondary N) is 1. The van der Waals surface area contributed by atoms with Gasteiger partial charge >= 0.3 is 0 Å². The highest BCUT2D eigenvalue weighted by Gasteiger charge is 2.04. The van der Waals surface area contributed by atoms with E-state index in [2.05, 4.69) is 31.4 Å².